The highest BCUT2D eigenvalue weighted by atomic mass is 35.5. The van der Waals surface area contributed by atoms with Gasteiger partial charge in [-0.05, 0) is 11.6 Å². The molecule has 0 aliphatic rings. The van der Waals surface area contributed by atoms with Crippen LogP contribution >= 0.6 is 11.6 Å². The quantitative estimate of drug-likeness (QED) is 0.637. The first-order valence-corrected chi connectivity index (χ1v) is 6.04. The molecule has 4 N–H and O–H groups in total. The summed E-state index contributed by atoms with van der Waals surface area (Å²) in [5, 5.41) is 3.76. The van der Waals surface area contributed by atoms with E-state index in [0.717, 1.165) is 11.1 Å². The maximum absolute atomic E-state index is 6.14. The van der Waals surface area contributed by atoms with Crippen LogP contribution in [0.5, 0.6) is 0 Å². The van der Waals surface area contributed by atoms with Crippen LogP contribution in [0, 0.1) is 0 Å². The van der Waals surface area contributed by atoms with E-state index >= 15 is 0 Å². The van der Waals surface area contributed by atoms with Crippen molar-refractivity contribution in [2.45, 2.75) is 6.54 Å². The van der Waals surface area contributed by atoms with Gasteiger partial charge >= 0.3 is 0 Å². The first-order valence-electron chi connectivity index (χ1n) is 5.66. The minimum Gasteiger partial charge on any atom is -0.398 e. The molecule has 0 atom stereocenters. The molecule has 2 aromatic heterocycles. The lowest BCUT2D eigenvalue weighted by Crippen LogP contribution is -2.04. The molecule has 0 aliphatic carbocycles. The predicted octanol–water partition coefficient (Wildman–Crippen LogP) is 2.20. The molecule has 0 spiro atoms. The van der Waals surface area contributed by atoms with E-state index in [4.69, 9.17) is 17.3 Å². The van der Waals surface area contributed by atoms with Crippen LogP contribution in [0.4, 0.5) is 11.5 Å². The van der Waals surface area contributed by atoms with E-state index in [9.17, 15) is 0 Å². The van der Waals surface area contributed by atoms with Gasteiger partial charge in [0, 0.05) is 6.54 Å². The minimum absolute atomic E-state index is 0.523. The zero-order valence-electron chi connectivity index (χ0n) is 9.89. The van der Waals surface area contributed by atoms with Crippen molar-refractivity contribution in [3.63, 3.8) is 0 Å². The Labute approximate surface area is 114 Å². The van der Waals surface area contributed by atoms with E-state index in [1.165, 1.54) is 6.33 Å². The molecule has 0 unspecified atom stereocenters. The van der Waals surface area contributed by atoms with Crippen LogP contribution in [0.25, 0.3) is 11.2 Å². The van der Waals surface area contributed by atoms with E-state index in [2.05, 4.69) is 25.3 Å². The molecule has 0 aliphatic heterocycles. The van der Waals surface area contributed by atoms with Gasteiger partial charge in [-0.1, -0.05) is 23.7 Å². The van der Waals surface area contributed by atoms with Gasteiger partial charge in [-0.15, -0.1) is 0 Å². The molecule has 0 fully saturated rings. The fraction of sp³-hybridized carbons (Fsp3) is 0.0833. The minimum atomic E-state index is 0.523. The second kappa shape index (κ2) is 4.74. The zero-order valence-corrected chi connectivity index (χ0v) is 10.6. The van der Waals surface area contributed by atoms with E-state index < -0.39 is 0 Å². The van der Waals surface area contributed by atoms with Gasteiger partial charge in [-0.25, -0.2) is 15.0 Å². The fourth-order valence-electron chi connectivity index (χ4n) is 1.81. The number of rotatable bonds is 3. The molecule has 1 aromatic carbocycles. The van der Waals surface area contributed by atoms with Crippen LogP contribution in [-0.2, 0) is 6.54 Å². The van der Waals surface area contributed by atoms with Crippen LogP contribution in [0.15, 0.2) is 30.9 Å². The molecule has 2 heterocycles. The van der Waals surface area contributed by atoms with Gasteiger partial charge in [-0.3, -0.25) is 0 Å². The van der Waals surface area contributed by atoms with E-state index in [1.54, 1.807) is 12.4 Å². The van der Waals surface area contributed by atoms with Gasteiger partial charge in [0.05, 0.1) is 17.0 Å². The number of anilines is 2. The summed E-state index contributed by atoms with van der Waals surface area (Å²) in [4.78, 5) is 15.3. The van der Waals surface area contributed by atoms with Crippen LogP contribution in [0.2, 0.25) is 5.02 Å². The molecular formula is C12H11ClN6. The summed E-state index contributed by atoms with van der Waals surface area (Å²) >= 11 is 6.14. The Morgan fingerprint density at radius 1 is 1.26 bits per heavy atom. The van der Waals surface area contributed by atoms with Gasteiger partial charge in [0.25, 0.3) is 0 Å². The smallest absolute Gasteiger partial charge is 0.182 e. The lowest BCUT2D eigenvalue weighted by atomic mass is 10.2. The molecule has 7 heteroatoms. The Kier molecular flexibility index (Phi) is 2.92. The van der Waals surface area contributed by atoms with Crippen LogP contribution in [0.3, 0.4) is 0 Å². The number of nitrogens with zero attached hydrogens (tertiary/aromatic N) is 3. The van der Waals surface area contributed by atoms with Crippen LogP contribution in [-0.4, -0.2) is 19.9 Å². The van der Waals surface area contributed by atoms with Crippen molar-refractivity contribution >= 4 is 34.3 Å². The van der Waals surface area contributed by atoms with Gasteiger partial charge in [-0.2, -0.15) is 0 Å². The lowest BCUT2D eigenvalue weighted by Gasteiger charge is -2.09. The van der Waals surface area contributed by atoms with Crippen molar-refractivity contribution in [1.82, 2.24) is 19.9 Å². The number of aromatic amines is 1. The van der Waals surface area contributed by atoms with Crippen molar-refractivity contribution in [3.8, 4) is 0 Å². The van der Waals surface area contributed by atoms with E-state index in [-0.39, 0.29) is 0 Å². The van der Waals surface area contributed by atoms with E-state index in [0.29, 0.717) is 28.7 Å². The van der Waals surface area contributed by atoms with Crippen LogP contribution < -0.4 is 11.1 Å². The molecular weight excluding hydrogens is 264 g/mol. The fourth-order valence-corrected chi connectivity index (χ4v) is 2.01. The summed E-state index contributed by atoms with van der Waals surface area (Å²) in [7, 11) is 0. The first kappa shape index (κ1) is 11.7. The maximum Gasteiger partial charge on any atom is 0.182 e. The molecule has 0 saturated heterocycles. The Balaban J connectivity index is 1.86. The number of imidazole rings is 1. The molecule has 3 aromatic rings. The molecule has 96 valence electrons. The Bertz CT molecular complexity index is 723. The van der Waals surface area contributed by atoms with Gasteiger partial charge in [0.2, 0.25) is 0 Å². The van der Waals surface area contributed by atoms with Crippen molar-refractivity contribution in [1.29, 1.82) is 0 Å². The number of nitrogens with two attached hydrogens (primary N) is 1. The van der Waals surface area contributed by atoms with Gasteiger partial charge in [0.1, 0.15) is 11.8 Å². The summed E-state index contributed by atoms with van der Waals surface area (Å²) in [5.41, 5.74) is 8.63. The number of benzene rings is 1. The highest BCUT2D eigenvalue weighted by Gasteiger charge is 2.07. The number of H-pyrrole nitrogens is 1. The molecule has 0 saturated carbocycles. The third-order valence-corrected chi connectivity index (χ3v) is 3.24. The monoisotopic (exact) mass is 274 g/mol. The summed E-state index contributed by atoms with van der Waals surface area (Å²) in [6.45, 7) is 0.523. The van der Waals surface area contributed by atoms with Crippen molar-refractivity contribution in [3.05, 3.63) is 41.4 Å². The number of halogens is 1. The van der Waals surface area contributed by atoms with Gasteiger partial charge < -0.3 is 16.0 Å². The summed E-state index contributed by atoms with van der Waals surface area (Å²) in [5.74, 6) is 0.681. The normalized spacial score (nSPS) is 10.8. The summed E-state index contributed by atoms with van der Waals surface area (Å²) in [6, 6.07) is 5.55. The number of nitrogens with one attached hydrogen (secondary N) is 2. The van der Waals surface area contributed by atoms with Crippen molar-refractivity contribution in [2.24, 2.45) is 0 Å². The average Bonchev–Trinajstić information content (AvgIpc) is 2.89. The number of fused-ring (bicyclic) bond motifs is 1. The summed E-state index contributed by atoms with van der Waals surface area (Å²) in [6.07, 6.45) is 3.05. The third-order valence-electron chi connectivity index (χ3n) is 2.78. The zero-order chi connectivity index (χ0) is 13.2. The second-order valence-corrected chi connectivity index (χ2v) is 4.38. The molecule has 0 bridgehead atoms. The van der Waals surface area contributed by atoms with E-state index in [1.807, 2.05) is 12.1 Å². The van der Waals surface area contributed by atoms with Gasteiger partial charge in [0.15, 0.2) is 11.5 Å². The summed E-state index contributed by atoms with van der Waals surface area (Å²) < 4.78 is 0. The second-order valence-electron chi connectivity index (χ2n) is 4.00. The molecule has 3 rings (SSSR count). The number of nitrogen functional groups attached to an aromatic ring is 1. The standard InChI is InChI=1S/C12H11ClN6/c13-9-7(2-1-3-8(9)14)4-15-11-10-12(17-5-16-10)19-6-18-11/h1-3,5-6H,4,14H2,(H2,15,16,17,18,19). The predicted molar refractivity (Wildman–Crippen MR) is 74.9 cm³/mol. The van der Waals surface area contributed by atoms with Crippen molar-refractivity contribution in [2.75, 3.05) is 11.1 Å². The highest BCUT2D eigenvalue weighted by molar-refractivity contribution is 6.33. The molecule has 6 nitrogen and oxygen atoms in total. The lowest BCUT2D eigenvalue weighted by molar-refractivity contribution is 1.10. The maximum atomic E-state index is 6.14. The Morgan fingerprint density at radius 2 is 2.16 bits per heavy atom. The highest BCUT2D eigenvalue weighted by Crippen LogP contribution is 2.24. The molecule has 0 amide bonds. The Morgan fingerprint density at radius 3 is 3.05 bits per heavy atom. The Hall–Kier alpha value is -2.34. The number of hydrogen-bond donors (Lipinski definition) is 3. The average molecular weight is 275 g/mol. The SMILES string of the molecule is Nc1cccc(CNc2ncnc3nc[nH]c23)c1Cl. The third kappa shape index (κ3) is 2.17. The number of aromatic nitrogens is 4. The molecule has 19 heavy (non-hydrogen) atoms. The molecule has 0 radical (unpaired) electrons. The van der Waals surface area contributed by atoms with Crippen LogP contribution in [0.1, 0.15) is 5.56 Å². The largest absolute Gasteiger partial charge is 0.398 e. The number of hydrogen-bond acceptors (Lipinski definition) is 5. The van der Waals surface area contributed by atoms with Crippen molar-refractivity contribution < 1.29 is 0 Å². The first-order chi connectivity index (χ1) is 9.25. The topological polar surface area (TPSA) is 92.5 Å².